The molecule has 0 aromatic heterocycles. The number of sulfonamides is 1. The molecule has 1 N–H and O–H groups in total. The lowest BCUT2D eigenvalue weighted by molar-refractivity contribution is 0.0798. The molecule has 0 bridgehead atoms. The van der Waals surface area contributed by atoms with Crippen LogP contribution in [-0.4, -0.2) is 38.4 Å². The molecule has 0 fully saturated rings. The fraction of sp³-hybridized carbons (Fsp3) is 0.467. The van der Waals surface area contributed by atoms with Crippen molar-refractivity contribution in [3.63, 3.8) is 0 Å². The molecule has 0 aliphatic carbocycles. The highest BCUT2D eigenvalue weighted by molar-refractivity contribution is 7.89. The van der Waals surface area contributed by atoms with Crippen LogP contribution in [-0.2, 0) is 10.0 Å². The molecule has 1 aromatic rings. The highest BCUT2D eigenvalue weighted by atomic mass is 35.5. The number of nitrogens with one attached hydrogen (secondary N) is 1. The summed E-state index contributed by atoms with van der Waals surface area (Å²) < 4.78 is 27.3. The molecule has 0 heterocycles. The van der Waals surface area contributed by atoms with E-state index in [0.29, 0.717) is 0 Å². The zero-order valence-electron chi connectivity index (χ0n) is 13.6. The number of amides is 1. The highest BCUT2D eigenvalue weighted by Crippen LogP contribution is 2.24. The number of carbonyl (C=O) groups is 1. The first-order valence-corrected chi connectivity index (χ1v) is 8.80. The Bertz CT molecular complexity index is 733. The largest absolute Gasteiger partial charge is 0.341 e. The van der Waals surface area contributed by atoms with Crippen molar-refractivity contribution in [2.45, 2.75) is 37.6 Å². The fourth-order valence-corrected chi connectivity index (χ4v) is 3.79. The lowest BCUT2D eigenvalue weighted by atomic mass is 10.1. The van der Waals surface area contributed by atoms with Crippen LogP contribution in [0.5, 0.6) is 0 Å². The summed E-state index contributed by atoms with van der Waals surface area (Å²) in [5, 5.41) is 8.61. The van der Waals surface area contributed by atoms with Gasteiger partial charge in [-0.05, 0) is 39.0 Å². The van der Waals surface area contributed by atoms with E-state index in [0.717, 1.165) is 0 Å². The van der Waals surface area contributed by atoms with E-state index in [4.69, 9.17) is 16.9 Å². The van der Waals surface area contributed by atoms with Gasteiger partial charge in [0.2, 0.25) is 10.0 Å². The van der Waals surface area contributed by atoms with Crippen molar-refractivity contribution in [2.24, 2.45) is 0 Å². The van der Waals surface area contributed by atoms with Crippen LogP contribution in [0.3, 0.4) is 0 Å². The Kier molecular flexibility index (Phi) is 6.17. The molecule has 126 valence electrons. The molecule has 0 saturated carbocycles. The third kappa shape index (κ3) is 5.50. The maximum Gasteiger partial charge on any atom is 0.253 e. The molecule has 1 amide bonds. The van der Waals surface area contributed by atoms with Gasteiger partial charge in [-0.1, -0.05) is 11.6 Å². The van der Waals surface area contributed by atoms with Crippen LogP contribution < -0.4 is 4.72 Å². The van der Waals surface area contributed by atoms with Crippen molar-refractivity contribution in [3.8, 4) is 6.07 Å². The summed E-state index contributed by atoms with van der Waals surface area (Å²) in [6, 6.07) is 6.05. The quantitative estimate of drug-likeness (QED) is 0.876. The molecule has 1 rings (SSSR count). The van der Waals surface area contributed by atoms with E-state index >= 15 is 0 Å². The number of nitrogens with zero attached hydrogens (tertiary/aromatic N) is 2. The number of hydrogen-bond donors (Lipinski definition) is 1. The SMILES string of the molecule is CN(CCC#N)C(=O)c1ccc(Cl)c(S(=O)(=O)NC(C)(C)C)c1. The van der Waals surface area contributed by atoms with Gasteiger partial charge in [-0.3, -0.25) is 4.79 Å². The minimum Gasteiger partial charge on any atom is -0.341 e. The second kappa shape index (κ2) is 7.30. The van der Waals surface area contributed by atoms with Gasteiger partial charge in [0.15, 0.2) is 0 Å². The van der Waals surface area contributed by atoms with Crippen LogP contribution >= 0.6 is 11.6 Å². The lowest BCUT2D eigenvalue weighted by Crippen LogP contribution is -2.40. The smallest absolute Gasteiger partial charge is 0.253 e. The third-order valence-electron chi connectivity index (χ3n) is 2.81. The fourth-order valence-electron chi connectivity index (χ4n) is 1.84. The van der Waals surface area contributed by atoms with E-state index in [1.165, 1.54) is 23.1 Å². The van der Waals surface area contributed by atoms with E-state index in [9.17, 15) is 13.2 Å². The van der Waals surface area contributed by atoms with E-state index in [-0.39, 0.29) is 34.4 Å². The van der Waals surface area contributed by atoms with Crippen molar-refractivity contribution >= 4 is 27.5 Å². The Labute approximate surface area is 142 Å². The Morgan fingerprint density at radius 3 is 2.52 bits per heavy atom. The van der Waals surface area contributed by atoms with Gasteiger partial charge in [-0.15, -0.1) is 0 Å². The molecule has 0 aliphatic heterocycles. The molecule has 0 saturated heterocycles. The van der Waals surface area contributed by atoms with E-state index < -0.39 is 15.6 Å². The number of nitriles is 1. The molecular formula is C15H20ClN3O3S. The van der Waals surface area contributed by atoms with Gasteiger partial charge in [-0.2, -0.15) is 5.26 Å². The average Bonchev–Trinajstić information content (AvgIpc) is 2.41. The van der Waals surface area contributed by atoms with Crippen LogP contribution in [0.2, 0.25) is 5.02 Å². The molecule has 0 radical (unpaired) electrons. The van der Waals surface area contributed by atoms with Crippen molar-refractivity contribution in [3.05, 3.63) is 28.8 Å². The zero-order valence-corrected chi connectivity index (χ0v) is 15.1. The predicted molar refractivity (Wildman–Crippen MR) is 88.7 cm³/mol. The number of hydrogen-bond acceptors (Lipinski definition) is 4. The molecule has 8 heteroatoms. The maximum absolute atomic E-state index is 12.4. The number of benzene rings is 1. The van der Waals surface area contributed by atoms with Crippen molar-refractivity contribution in [1.82, 2.24) is 9.62 Å². The van der Waals surface area contributed by atoms with Gasteiger partial charge in [-0.25, -0.2) is 13.1 Å². The van der Waals surface area contributed by atoms with Gasteiger partial charge >= 0.3 is 0 Å². The Morgan fingerprint density at radius 1 is 1.39 bits per heavy atom. The van der Waals surface area contributed by atoms with Gasteiger partial charge in [0, 0.05) is 24.7 Å². The first-order valence-electron chi connectivity index (χ1n) is 6.94. The average molecular weight is 358 g/mol. The Morgan fingerprint density at radius 2 is 2.00 bits per heavy atom. The predicted octanol–water partition coefficient (Wildman–Crippen LogP) is 2.40. The standard InChI is InChI=1S/C15H20ClN3O3S/c1-15(2,3)18-23(21,22)13-10-11(6-7-12(13)16)14(20)19(4)9-5-8-17/h6-7,10,18H,5,9H2,1-4H3. The van der Waals surface area contributed by atoms with E-state index in [1.807, 2.05) is 6.07 Å². The van der Waals surface area contributed by atoms with Gasteiger partial charge < -0.3 is 4.90 Å². The summed E-state index contributed by atoms with van der Waals surface area (Å²) >= 11 is 5.99. The summed E-state index contributed by atoms with van der Waals surface area (Å²) in [6.07, 6.45) is 0.201. The molecule has 1 aromatic carbocycles. The molecule has 0 atom stereocenters. The minimum atomic E-state index is -3.85. The molecule has 23 heavy (non-hydrogen) atoms. The number of rotatable bonds is 5. The lowest BCUT2D eigenvalue weighted by Gasteiger charge is -2.21. The maximum atomic E-state index is 12.4. The molecule has 0 spiro atoms. The van der Waals surface area contributed by atoms with Gasteiger partial charge in [0.25, 0.3) is 5.91 Å². The second-order valence-corrected chi connectivity index (χ2v) is 8.19. The Balaban J connectivity index is 3.19. The van der Waals surface area contributed by atoms with Crippen molar-refractivity contribution < 1.29 is 13.2 Å². The van der Waals surface area contributed by atoms with Crippen LogP contribution in [0, 0.1) is 11.3 Å². The molecular weight excluding hydrogens is 338 g/mol. The van der Waals surface area contributed by atoms with Crippen LogP contribution in [0.4, 0.5) is 0 Å². The summed E-state index contributed by atoms with van der Waals surface area (Å²) in [5.74, 6) is -0.371. The van der Waals surface area contributed by atoms with Crippen LogP contribution in [0.15, 0.2) is 23.1 Å². The Hall–Kier alpha value is -1.62. The molecule has 6 nitrogen and oxygen atoms in total. The third-order valence-corrected chi connectivity index (χ3v) is 5.05. The summed E-state index contributed by atoms with van der Waals surface area (Å²) in [4.78, 5) is 13.5. The minimum absolute atomic E-state index is 0.0398. The van der Waals surface area contributed by atoms with Crippen molar-refractivity contribution in [1.29, 1.82) is 5.26 Å². The zero-order chi connectivity index (χ0) is 17.8. The van der Waals surface area contributed by atoms with Crippen molar-refractivity contribution in [2.75, 3.05) is 13.6 Å². The summed E-state index contributed by atoms with van der Waals surface area (Å²) in [5.41, 5.74) is -0.477. The number of halogens is 1. The monoisotopic (exact) mass is 357 g/mol. The number of carbonyl (C=O) groups excluding carboxylic acids is 1. The molecule has 0 aliphatic rings. The van der Waals surface area contributed by atoms with Gasteiger partial charge in [0.1, 0.15) is 4.90 Å². The second-order valence-electron chi connectivity index (χ2n) is 6.14. The van der Waals surface area contributed by atoms with Gasteiger partial charge in [0.05, 0.1) is 17.5 Å². The van der Waals surface area contributed by atoms with E-state index in [1.54, 1.807) is 27.8 Å². The topological polar surface area (TPSA) is 90.3 Å². The molecule has 0 unspecified atom stereocenters. The van der Waals surface area contributed by atoms with Crippen LogP contribution in [0.25, 0.3) is 0 Å². The summed E-state index contributed by atoms with van der Waals surface area (Å²) in [7, 11) is -2.30. The normalized spacial score (nSPS) is 11.8. The van der Waals surface area contributed by atoms with E-state index in [2.05, 4.69) is 4.72 Å². The first kappa shape index (κ1) is 19.4. The van der Waals surface area contributed by atoms with Crippen LogP contribution in [0.1, 0.15) is 37.6 Å². The first-order chi connectivity index (χ1) is 10.5. The highest BCUT2D eigenvalue weighted by Gasteiger charge is 2.25. The summed E-state index contributed by atoms with van der Waals surface area (Å²) in [6.45, 7) is 5.40.